The monoisotopic (exact) mass is 461 g/mol. The number of anilines is 1. The standard InChI is InChI=1S/C26H27N3O3S/c1-31-20-10-11-23-24(18-20)33-26(27-23)29(13-5-12-28-14-16-32-17-15-28)25(30)22-9-4-7-19-6-2-3-8-21(19)22/h2-4,6-11,18H,5,12-17H2,1H3. The zero-order chi connectivity index (χ0) is 22.6. The van der Waals surface area contributed by atoms with Gasteiger partial charge in [0.1, 0.15) is 5.75 Å². The summed E-state index contributed by atoms with van der Waals surface area (Å²) >= 11 is 1.53. The van der Waals surface area contributed by atoms with Gasteiger partial charge in [-0.25, -0.2) is 4.98 Å². The number of carbonyl (C=O) groups is 1. The van der Waals surface area contributed by atoms with Crippen LogP contribution in [0.3, 0.4) is 0 Å². The van der Waals surface area contributed by atoms with Crippen LogP contribution in [0.25, 0.3) is 21.0 Å². The second-order valence-electron chi connectivity index (χ2n) is 8.12. The number of morpholine rings is 1. The number of hydrogen-bond acceptors (Lipinski definition) is 6. The minimum absolute atomic E-state index is 0.0141. The van der Waals surface area contributed by atoms with E-state index >= 15 is 0 Å². The van der Waals surface area contributed by atoms with Gasteiger partial charge in [0.05, 0.1) is 30.5 Å². The van der Waals surface area contributed by atoms with E-state index in [-0.39, 0.29) is 5.91 Å². The first-order chi connectivity index (χ1) is 16.2. The molecule has 1 saturated heterocycles. The van der Waals surface area contributed by atoms with Crippen LogP contribution in [-0.2, 0) is 4.74 Å². The predicted octanol–water partition coefficient (Wildman–Crippen LogP) is 4.83. The van der Waals surface area contributed by atoms with Crippen LogP contribution in [0.2, 0.25) is 0 Å². The zero-order valence-corrected chi connectivity index (χ0v) is 19.5. The maximum atomic E-state index is 13.9. The zero-order valence-electron chi connectivity index (χ0n) is 18.7. The van der Waals surface area contributed by atoms with Crippen LogP contribution in [0.5, 0.6) is 5.75 Å². The Morgan fingerprint density at radius 1 is 1.12 bits per heavy atom. The van der Waals surface area contributed by atoms with Crippen molar-refractivity contribution in [3.8, 4) is 5.75 Å². The molecule has 1 fully saturated rings. The van der Waals surface area contributed by atoms with Crippen molar-refractivity contribution >= 4 is 43.4 Å². The Bertz CT molecular complexity index is 1260. The van der Waals surface area contributed by atoms with E-state index in [4.69, 9.17) is 14.5 Å². The Labute approximate surface area is 197 Å². The predicted molar refractivity (Wildman–Crippen MR) is 134 cm³/mol. The molecule has 0 radical (unpaired) electrons. The minimum Gasteiger partial charge on any atom is -0.497 e. The number of carbonyl (C=O) groups excluding carboxylic acids is 1. The van der Waals surface area contributed by atoms with Crippen molar-refractivity contribution in [2.45, 2.75) is 6.42 Å². The molecule has 0 N–H and O–H groups in total. The van der Waals surface area contributed by atoms with Gasteiger partial charge in [0.2, 0.25) is 0 Å². The van der Waals surface area contributed by atoms with Gasteiger partial charge in [0.25, 0.3) is 5.91 Å². The summed E-state index contributed by atoms with van der Waals surface area (Å²) in [6.07, 6.45) is 0.871. The molecule has 1 aromatic heterocycles. The highest BCUT2D eigenvalue weighted by Gasteiger charge is 2.23. The molecule has 7 heteroatoms. The van der Waals surface area contributed by atoms with Gasteiger partial charge in [-0.05, 0) is 41.5 Å². The molecule has 4 aromatic rings. The second-order valence-corrected chi connectivity index (χ2v) is 9.13. The van der Waals surface area contributed by atoms with Crippen LogP contribution < -0.4 is 9.64 Å². The average molecular weight is 462 g/mol. The first-order valence-corrected chi connectivity index (χ1v) is 12.1. The van der Waals surface area contributed by atoms with E-state index in [1.54, 1.807) is 7.11 Å². The molecule has 0 bridgehead atoms. The number of fused-ring (bicyclic) bond motifs is 2. The summed E-state index contributed by atoms with van der Waals surface area (Å²) in [4.78, 5) is 22.9. The van der Waals surface area contributed by atoms with E-state index in [2.05, 4.69) is 4.90 Å². The fourth-order valence-corrected chi connectivity index (χ4v) is 5.27. The molecule has 1 aliphatic heterocycles. The lowest BCUT2D eigenvalue weighted by molar-refractivity contribution is 0.0376. The number of rotatable bonds is 7. The van der Waals surface area contributed by atoms with Crippen molar-refractivity contribution in [2.24, 2.45) is 0 Å². The summed E-state index contributed by atoms with van der Waals surface area (Å²) in [7, 11) is 1.66. The van der Waals surface area contributed by atoms with Crippen LogP contribution in [-0.4, -0.2) is 62.3 Å². The number of nitrogens with zero attached hydrogens (tertiary/aromatic N) is 3. The molecular weight excluding hydrogens is 434 g/mol. The Hall–Kier alpha value is -3.00. The van der Waals surface area contributed by atoms with Crippen LogP contribution in [0.15, 0.2) is 60.7 Å². The van der Waals surface area contributed by atoms with Gasteiger partial charge < -0.3 is 9.47 Å². The van der Waals surface area contributed by atoms with E-state index in [0.29, 0.717) is 12.1 Å². The summed E-state index contributed by atoms with van der Waals surface area (Å²) in [6.45, 7) is 4.98. The molecule has 170 valence electrons. The molecule has 33 heavy (non-hydrogen) atoms. The van der Waals surface area contributed by atoms with E-state index in [0.717, 1.165) is 71.1 Å². The normalized spacial score (nSPS) is 14.6. The lowest BCUT2D eigenvalue weighted by Gasteiger charge is -2.28. The molecule has 0 unspecified atom stereocenters. The van der Waals surface area contributed by atoms with Crippen molar-refractivity contribution in [3.05, 3.63) is 66.2 Å². The summed E-state index contributed by atoms with van der Waals surface area (Å²) in [5.41, 5.74) is 1.58. The minimum atomic E-state index is -0.0141. The number of aromatic nitrogens is 1. The quantitative estimate of drug-likeness (QED) is 0.395. The lowest BCUT2D eigenvalue weighted by Crippen LogP contribution is -2.39. The van der Waals surface area contributed by atoms with Gasteiger partial charge in [-0.2, -0.15) is 0 Å². The van der Waals surface area contributed by atoms with Gasteiger partial charge >= 0.3 is 0 Å². The fraction of sp³-hybridized carbons (Fsp3) is 0.308. The van der Waals surface area contributed by atoms with E-state index in [9.17, 15) is 4.79 Å². The summed E-state index contributed by atoms with van der Waals surface area (Å²) in [6, 6.07) is 19.8. The molecule has 0 atom stereocenters. The van der Waals surface area contributed by atoms with Crippen LogP contribution >= 0.6 is 11.3 Å². The molecule has 0 saturated carbocycles. The highest BCUT2D eigenvalue weighted by atomic mass is 32.1. The molecule has 2 heterocycles. The van der Waals surface area contributed by atoms with Gasteiger partial charge in [-0.15, -0.1) is 0 Å². The Kier molecular flexibility index (Phi) is 6.53. The van der Waals surface area contributed by atoms with E-state index in [1.807, 2.05) is 65.6 Å². The molecule has 6 nitrogen and oxygen atoms in total. The van der Waals surface area contributed by atoms with Crippen molar-refractivity contribution in [1.82, 2.24) is 9.88 Å². The Morgan fingerprint density at radius 2 is 1.94 bits per heavy atom. The van der Waals surface area contributed by atoms with Crippen molar-refractivity contribution in [2.75, 3.05) is 51.4 Å². The number of methoxy groups -OCH3 is 1. The third-order valence-electron chi connectivity index (χ3n) is 6.04. The maximum Gasteiger partial charge on any atom is 0.260 e. The largest absolute Gasteiger partial charge is 0.497 e. The molecular formula is C26H27N3O3S. The van der Waals surface area contributed by atoms with E-state index < -0.39 is 0 Å². The highest BCUT2D eigenvalue weighted by molar-refractivity contribution is 7.22. The van der Waals surface area contributed by atoms with Gasteiger partial charge in [-0.1, -0.05) is 47.7 Å². The third kappa shape index (κ3) is 4.71. The Morgan fingerprint density at radius 3 is 2.79 bits per heavy atom. The highest BCUT2D eigenvalue weighted by Crippen LogP contribution is 2.33. The van der Waals surface area contributed by atoms with Gasteiger partial charge in [0.15, 0.2) is 5.13 Å². The first kappa shape index (κ1) is 21.8. The number of amides is 1. The third-order valence-corrected chi connectivity index (χ3v) is 7.08. The maximum absolute atomic E-state index is 13.9. The summed E-state index contributed by atoms with van der Waals surface area (Å²) in [5.74, 6) is 0.775. The number of ether oxygens (including phenoxy) is 2. The molecule has 1 aliphatic rings. The van der Waals surface area contributed by atoms with Crippen molar-refractivity contribution in [3.63, 3.8) is 0 Å². The van der Waals surface area contributed by atoms with E-state index in [1.165, 1.54) is 11.3 Å². The van der Waals surface area contributed by atoms with Gasteiger partial charge in [-0.3, -0.25) is 14.6 Å². The topological polar surface area (TPSA) is 54.9 Å². The SMILES string of the molecule is COc1ccc2nc(N(CCCN3CCOCC3)C(=O)c3cccc4ccccc34)sc2c1. The fourth-order valence-electron chi connectivity index (χ4n) is 4.25. The molecule has 0 aliphatic carbocycles. The average Bonchev–Trinajstić information content (AvgIpc) is 3.29. The molecule has 0 spiro atoms. The molecule has 1 amide bonds. The Balaban J connectivity index is 1.47. The first-order valence-electron chi connectivity index (χ1n) is 11.3. The van der Waals surface area contributed by atoms with Crippen LogP contribution in [0, 0.1) is 0 Å². The number of benzene rings is 3. The molecule has 3 aromatic carbocycles. The van der Waals surface area contributed by atoms with Crippen LogP contribution in [0.1, 0.15) is 16.8 Å². The van der Waals surface area contributed by atoms with Gasteiger partial charge in [0, 0.05) is 31.7 Å². The summed E-state index contributed by atoms with van der Waals surface area (Å²) in [5, 5.41) is 2.75. The van der Waals surface area contributed by atoms with Crippen molar-refractivity contribution in [1.29, 1.82) is 0 Å². The smallest absolute Gasteiger partial charge is 0.260 e. The van der Waals surface area contributed by atoms with Crippen LogP contribution in [0.4, 0.5) is 5.13 Å². The van der Waals surface area contributed by atoms with Crippen molar-refractivity contribution < 1.29 is 14.3 Å². The number of hydrogen-bond donors (Lipinski definition) is 0. The second kappa shape index (κ2) is 9.87. The lowest BCUT2D eigenvalue weighted by atomic mass is 10.0. The number of thiazole rings is 1. The summed E-state index contributed by atoms with van der Waals surface area (Å²) < 4.78 is 11.8. The molecule has 5 rings (SSSR count).